The number of piperazine rings is 1. The molecule has 2 saturated heterocycles. The zero-order chi connectivity index (χ0) is 30.2. The van der Waals surface area contributed by atoms with E-state index in [1.54, 1.807) is 9.80 Å². The fourth-order valence-corrected chi connectivity index (χ4v) is 5.06. The third-order valence-corrected chi connectivity index (χ3v) is 7.74. The molecule has 1 aliphatic carbocycles. The number of unbranched alkanes of at least 4 members (excludes halogenated alkanes) is 1. The molecule has 0 radical (unpaired) electrons. The lowest BCUT2D eigenvalue weighted by Gasteiger charge is -2.34. The summed E-state index contributed by atoms with van der Waals surface area (Å²) in [6.07, 6.45) is 3.93. The van der Waals surface area contributed by atoms with Crippen LogP contribution < -0.4 is 20.5 Å². The van der Waals surface area contributed by atoms with Crippen LogP contribution in [0.3, 0.4) is 0 Å². The van der Waals surface area contributed by atoms with Gasteiger partial charge in [-0.25, -0.2) is 4.98 Å². The summed E-state index contributed by atoms with van der Waals surface area (Å²) in [5, 5.41) is 3.50. The number of oxazole rings is 1. The highest BCUT2D eigenvalue weighted by Gasteiger charge is 2.29. The highest BCUT2D eigenvalue weighted by molar-refractivity contribution is 5.94. The number of benzene rings is 1. The van der Waals surface area contributed by atoms with Crippen LogP contribution >= 0.6 is 0 Å². The molecule has 1 saturated carbocycles. The fraction of sp³-hybridized carbons (Fsp3) is 0.621. The van der Waals surface area contributed by atoms with E-state index in [4.69, 9.17) is 19.6 Å². The Morgan fingerprint density at radius 3 is 2.51 bits per heavy atom. The Morgan fingerprint density at radius 1 is 1.05 bits per heavy atom. The normalized spacial score (nSPS) is 17.9. The van der Waals surface area contributed by atoms with E-state index in [-0.39, 0.29) is 53.8 Å². The summed E-state index contributed by atoms with van der Waals surface area (Å²) in [6, 6.07) is 4.97. The van der Waals surface area contributed by atoms with Gasteiger partial charge in [-0.05, 0) is 43.9 Å². The highest BCUT2D eigenvalue weighted by atomic mass is 19.3. The van der Waals surface area contributed by atoms with E-state index in [9.17, 15) is 18.4 Å². The van der Waals surface area contributed by atoms with Crippen molar-refractivity contribution in [2.75, 3.05) is 65.8 Å². The number of hydrogen-bond donors (Lipinski definition) is 2. The van der Waals surface area contributed by atoms with E-state index in [0.29, 0.717) is 70.3 Å². The lowest BCUT2D eigenvalue weighted by molar-refractivity contribution is -0.135. The van der Waals surface area contributed by atoms with Crippen LogP contribution in [0, 0.1) is 0 Å². The molecule has 0 spiro atoms. The average Bonchev–Trinajstić information content (AvgIpc) is 3.76. The topological polar surface area (TPSA) is 136 Å². The molecular formula is C29H40F2N6O6. The van der Waals surface area contributed by atoms with Crippen molar-refractivity contribution < 1.29 is 37.0 Å². The minimum atomic E-state index is -3.04. The number of morpholine rings is 1. The number of ether oxygens (including phenoxy) is 3. The van der Waals surface area contributed by atoms with Gasteiger partial charge in [0.15, 0.2) is 23.0 Å². The van der Waals surface area contributed by atoms with Crippen LogP contribution in [0.5, 0.6) is 11.5 Å². The first-order valence-electron chi connectivity index (χ1n) is 14.9. The summed E-state index contributed by atoms with van der Waals surface area (Å²) in [6.45, 7) is 2.82. The second-order valence-corrected chi connectivity index (χ2v) is 10.9. The minimum Gasteiger partial charge on any atom is -0.490 e. The fourth-order valence-electron chi connectivity index (χ4n) is 5.06. The number of nitrogens with zero attached hydrogens (tertiary/aromatic N) is 4. The van der Waals surface area contributed by atoms with E-state index in [0.717, 1.165) is 19.8 Å². The molecule has 1 aromatic carbocycles. The number of nitrogens with one attached hydrogen (secondary N) is 1. The van der Waals surface area contributed by atoms with E-state index >= 15 is 0 Å². The Labute approximate surface area is 249 Å². The van der Waals surface area contributed by atoms with Gasteiger partial charge < -0.3 is 39.5 Å². The van der Waals surface area contributed by atoms with Crippen molar-refractivity contribution in [1.29, 1.82) is 0 Å². The number of halogens is 2. The lowest BCUT2D eigenvalue weighted by Crippen LogP contribution is -2.51. The largest absolute Gasteiger partial charge is 0.490 e. The minimum absolute atomic E-state index is 0.0293. The number of aromatic nitrogens is 1. The number of rotatable bonds is 14. The van der Waals surface area contributed by atoms with Crippen molar-refractivity contribution in [1.82, 2.24) is 25.0 Å². The monoisotopic (exact) mass is 606 g/mol. The average molecular weight is 607 g/mol. The maximum Gasteiger partial charge on any atom is 0.387 e. The zero-order valence-electron chi connectivity index (χ0n) is 24.3. The van der Waals surface area contributed by atoms with Crippen molar-refractivity contribution in [3.63, 3.8) is 0 Å². The first-order chi connectivity index (χ1) is 20.9. The Kier molecular flexibility index (Phi) is 10.8. The van der Waals surface area contributed by atoms with Crippen LogP contribution in [0.1, 0.15) is 48.4 Å². The summed E-state index contributed by atoms with van der Waals surface area (Å²) < 4.78 is 47.7. The van der Waals surface area contributed by atoms with Gasteiger partial charge in [0.1, 0.15) is 0 Å². The molecule has 3 aliphatic rings. The molecule has 2 aromatic rings. The smallest absolute Gasteiger partial charge is 0.387 e. The van der Waals surface area contributed by atoms with E-state index < -0.39 is 6.61 Å². The van der Waals surface area contributed by atoms with Crippen molar-refractivity contribution in [3.8, 4) is 23.0 Å². The first kappa shape index (κ1) is 31.1. The maximum atomic E-state index is 13.4. The third kappa shape index (κ3) is 8.62. The lowest BCUT2D eigenvalue weighted by atomic mass is 10.2. The molecule has 3 N–H and O–H groups in total. The highest BCUT2D eigenvalue weighted by Crippen LogP contribution is 2.34. The molecule has 5 rings (SSSR count). The Bertz CT molecular complexity index is 1230. The SMILES string of the molecule is NCc1oc(-c2ccc(OC(F)F)c(OCCCCC(=O)N3CCOCC3)c2)nc1C(=O)N1CCN(CNC2CC2)CC1. The second kappa shape index (κ2) is 14.9. The van der Waals surface area contributed by atoms with Gasteiger partial charge in [0.05, 0.1) is 26.4 Å². The van der Waals surface area contributed by atoms with Gasteiger partial charge in [0.2, 0.25) is 11.8 Å². The molecule has 236 valence electrons. The molecule has 0 unspecified atom stereocenters. The molecule has 3 heterocycles. The van der Waals surface area contributed by atoms with Gasteiger partial charge in [0.25, 0.3) is 5.91 Å². The van der Waals surface area contributed by atoms with Gasteiger partial charge in [-0.2, -0.15) is 8.78 Å². The standard InChI is InChI=1S/C29H40F2N6O6/c30-29(31)43-22-7-4-20(17-23(22)41-14-2-1-3-25(38)36-12-15-40-16-13-36)27-34-26(24(18-32)42-27)28(39)37-10-8-35(9-11-37)19-33-21-5-6-21/h4,7,17,21,29,33H,1-3,5-6,8-16,18-19,32H2. The quantitative estimate of drug-likeness (QED) is 0.309. The summed E-state index contributed by atoms with van der Waals surface area (Å²) in [4.78, 5) is 36.0. The molecule has 14 heteroatoms. The second-order valence-electron chi connectivity index (χ2n) is 10.9. The van der Waals surface area contributed by atoms with Crippen molar-refractivity contribution >= 4 is 11.8 Å². The molecular weight excluding hydrogens is 566 g/mol. The van der Waals surface area contributed by atoms with Gasteiger partial charge >= 0.3 is 6.61 Å². The van der Waals surface area contributed by atoms with Crippen LogP contribution in [0.15, 0.2) is 22.6 Å². The zero-order valence-corrected chi connectivity index (χ0v) is 24.3. The summed E-state index contributed by atoms with van der Waals surface area (Å²) in [7, 11) is 0. The number of amides is 2. The molecule has 43 heavy (non-hydrogen) atoms. The Hall–Kier alpha value is -3.33. The van der Waals surface area contributed by atoms with Crippen LogP contribution in [0.25, 0.3) is 11.5 Å². The first-order valence-corrected chi connectivity index (χ1v) is 14.9. The summed E-state index contributed by atoms with van der Waals surface area (Å²) in [5.41, 5.74) is 6.46. The third-order valence-electron chi connectivity index (χ3n) is 7.74. The molecule has 2 aliphatic heterocycles. The maximum absolute atomic E-state index is 13.4. The number of carbonyl (C=O) groups is 2. The van der Waals surface area contributed by atoms with Crippen LogP contribution in [-0.2, 0) is 16.1 Å². The van der Waals surface area contributed by atoms with Gasteiger partial charge in [-0.15, -0.1) is 0 Å². The Balaban J connectivity index is 1.20. The van der Waals surface area contributed by atoms with Crippen molar-refractivity contribution in [3.05, 3.63) is 29.7 Å². The number of hydrogen-bond acceptors (Lipinski definition) is 10. The number of alkyl halides is 2. The molecule has 1 aromatic heterocycles. The van der Waals surface area contributed by atoms with E-state index in [1.165, 1.54) is 31.0 Å². The van der Waals surface area contributed by atoms with Gasteiger partial charge in [-0.3, -0.25) is 14.5 Å². The van der Waals surface area contributed by atoms with Crippen molar-refractivity contribution in [2.45, 2.75) is 51.3 Å². The van der Waals surface area contributed by atoms with Crippen LogP contribution in [0.4, 0.5) is 8.78 Å². The summed E-state index contributed by atoms with van der Waals surface area (Å²) in [5.74, 6) is 0.113. The Morgan fingerprint density at radius 2 is 1.81 bits per heavy atom. The number of carbonyl (C=O) groups excluding carboxylic acids is 2. The predicted molar refractivity (Wildman–Crippen MR) is 152 cm³/mol. The molecule has 0 bridgehead atoms. The van der Waals surface area contributed by atoms with Crippen LogP contribution in [0.2, 0.25) is 0 Å². The van der Waals surface area contributed by atoms with Gasteiger partial charge in [-0.1, -0.05) is 0 Å². The van der Waals surface area contributed by atoms with E-state index in [2.05, 4.69) is 19.9 Å². The predicted octanol–water partition coefficient (Wildman–Crippen LogP) is 2.28. The number of nitrogens with two attached hydrogens (primary N) is 1. The molecule has 0 atom stereocenters. The molecule has 3 fully saturated rings. The molecule has 2 amide bonds. The molecule has 12 nitrogen and oxygen atoms in total. The van der Waals surface area contributed by atoms with Crippen molar-refractivity contribution in [2.24, 2.45) is 5.73 Å². The van der Waals surface area contributed by atoms with E-state index in [1.807, 2.05) is 0 Å². The van der Waals surface area contributed by atoms with Crippen LogP contribution in [-0.4, -0.2) is 110 Å². The summed E-state index contributed by atoms with van der Waals surface area (Å²) >= 11 is 0. The van der Waals surface area contributed by atoms with Gasteiger partial charge in [0, 0.05) is 64.0 Å².